The number of alkyl halides is 1. The van der Waals surface area contributed by atoms with Crippen LogP contribution in [0.4, 0.5) is 5.69 Å². The van der Waals surface area contributed by atoms with Crippen molar-refractivity contribution in [2.75, 3.05) is 17.7 Å². The molecule has 1 aromatic rings. The zero-order valence-corrected chi connectivity index (χ0v) is 11.3. The number of carbonyl (C=O) groups excluding carboxylic acids is 3. The van der Waals surface area contributed by atoms with E-state index >= 15 is 0 Å². The van der Waals surface area contributed by atoms with Crippen LogP contribution in [-0.2, 0) is 9.59 Å². The van der Waals surface area contributed by atoms with E-state index in [-0.39, 0.29) is 5.78 Å². The molecule has 2 amide bonds. The van der Waals surface area contributed by atoms with Crippen molar-refractivity contribution in [1.82, 2.24) is 5.32 Å². The van der Waals surface area contributed by atoms with Crippen molar-refractivity contribution in [3.63, 3.8) is 0 Å². The molecule has 0 atom stereocenters. The number of rotatable bonds is 5. The van der Waals surface area contributed by atoms with Crippen molar-refractivity contribution in [2.45, 2.75) is 13.3 Å². The van der Waals surface area contributed by atoms with E-state index in [4.69, 9.17) is 11.6 Å². The maximum absolute atomic E-state index is 11.5. The minimum absolute atomic E-state index is 0.109. The maximum atomic E-state index is 11.5. The van der Waals surface area contributed by atoms with Gasteiger partial charge in [-0.1, -0.05) is 12.1 Å². The van der Waals surface area contributed by atoms with E-state index < -0.39 is 11.8 Å². The highest BCUT2D eigenvalue weighted by atomic mass is 35.5. The Balaban J connectivity index is 2.59. The van der Waals surface area contributed by atoms with Crippen LogP contribution in [0.15, 0.2) is 24.3 Å². The van der Waals surface area contributed by atoms with Gasteiger partial charge in [0.15, 0.2) is 5.78 Å². The van der Waals surface area contributed by atoms with E-state index in [0.29, 0.717) is 30.1 Å². The maximum Gasteiger partial charge on any atom is 0.313 e. The molecule has 0 heterocycles. The van der Waals surface area contributed by atoms with Gasteiger partial charge in [-0.25, -0.2) is 0 Å². The third-order valence-electron chi connectivity index (χ3n) is 2.33. The predicted molar refractivity (Wildman–Crippen MR) is 73.4 cm³/mol. The average Bonchev–Trinajstić information content (AvgIpc) is 2.39. The Kier molecular flexibility index (Phi) is 6.02. The van der Waals surface area contributed by atoms with Gasteiger partial charge in [0.1, 0.15) is 0 Å². The van der Waals surface area contributed by atoms with Gasteiger partial charge in [-0.3, -0.25) is 14.4 Å². The van der Waals surface area contributed by atoms with E-state index in [1.807, 2.05) is 0 Å². The third kappa shape index (κ3) is 5.09. The molecule has 0 aliphatic rings. The van der Waals surface area contributed by atoms with Gasteiger partial charge >= 0.3 is 11.8 Å². The minimum Gasteiger partial charge on any atom is -0.348 e. The summed E-state index contributed by atoms with van der Waals surface area (Å²) < 4.78 is 0. The Morgan fingerprint density at radius 2 is 1.95 bits per heavy atom. The Bertz CT molecular complexity index is 489. The molecule has 0 saturated carbocycles. The van der Waals surface area contributed by atoms with Crippen LogP contribution in [0.3, 0.4) is 0 Å². The number of halogens is 1. The fraction of sp³-hybridized carbons (Fsp3) is 0.308. The second kappa shape index (κ2) is 7.53. The number of anilines is 1. The molecular formula is C13H15ClN2O3. The lowest BCUT2D eigenvalue weighted by Gasteiger charge is -2.06. The molecule has 5 nitrogen and oxygen atoms in total. The van der Waals surface area contributed by atoms with Gasteiger partial charge in [0.05, 0.1) is 0 Å². The van der Waals surface area contributed by atoms with E-state index in [2.05, 4.69) is 10.6 Å². The van der Waals surface area contributed by atoms with Gasteiger partial charge in [-0.05, 0) is 25.5 Å². The first kappa shape index (κ1) is 15.2. The van der Waals surface area contributed by atoms with Crippen LogP contribution in [-0.4, -0.2) is 30.0 Å². The highest BCUT2D eigenvalue weighted by Gasteiger charge is 2.13. The van der Waals surface area contributed by atoms with Crippen LogP contribution in [0.1, 0.15) is 23.7 Å². The van der Waals surface area contributed by atoms with Gasteiger partial charge < -0.3 is 10.6 Å². The summed E-state index contributed by atoms with van der Waals surface area (Å²) in [6, 6.07) is 6.40. The summed E-state index contributed by atoms with van der Waals surface area (Å²) >= 11 is 5.46. The Labute approximate surface area is 116 Å². The number of ketones is 1. The Morgan fingerprint density at radius 1 is 1.21 bits per heavy atom. The van der Waals surface area contributed by atoms with Gasteiger partial charge in [0, 0.05) is 23.7 Å². The molecule has 19 heavy (non-hydrogen) atoms. The summed E-state index contributed by atoms with van der Waals surface area (Å²) in [6.07, 6.45) is 0.598. The van der Waals surface area contributed by atoms with Gasteiger partial charge in [-0.15, -0.1) is 11.6 Å². The zero-order chi connectivity index (χ0) is 14.3. The first-order valence-electron chi connectivity index (χ1n) is 5.80. The van der Waals surface area contributed by atoms with Crippen molar-refractivity contribution < 1.29 is 14.4 Å². The molecule has 0 fully saturated rings. The lowest BCUT2D eigenvalue weighted by Crippen LogP contribution is -2.36. The van der Waals surface area contributed by atoms with Crippen LogP contribution >= 0.6 is 11.6 Å². The van der Waals surface area contributed by atoms with Gasteiger partial charge in [0.25, 0.3) is 0 Å². The van der Waals surface area contributed by atoms with Gasteiger partial charge in [0.2, 0.25) is 0 Å². The van der Waals surface area contributed by atoms with Crippen molar-refractivity contribution in [3.05, 3.63) is 29.8 Å². The molecule has 0 saturated heterocycles. The molecule has 2 N–H and O–H groups in total. The average molecular weight is 283 g/mol. The highest BCUT2D eigenvalue weighted by Crippen LogP contribution is 2.10. The number of hydrogen-bond donors (Lipinski definition) is 2. The molecule has 6 heteroatoms. The molecule has 102 valence electrons. The molecule has 0 bridgehead atoms. The summed E-state index contributed by atoms with van der Waals surface area (Å²) in [5, 5.41) is 4.87. The summed E-state index contributed by atoms with van der Waals surface area (Å²) in [6.45, 7) is 1.78. The van der Waals surface area contributed by atoms with E-state index in [9.17, 15) is 14.4 Å². The molecule has 0 radical (unpaired) electrons. The zero-order valence-electron chi connectivity index (χ0n) is 10.5. The SMILES string of the molecule is CC(=O)c1cccc(NC(=O)C(=O)NCCCCl)c1. The predicted octanol–water partition coefficient (Wildman–Crippen LogP) is 1.57. The molecule has 0 aliphatic carbocycles. The normalized spacial score (nSPS) is 9.79. The molecular weight excluding hydrogens is 268 g/mol. The van der Waals surface area contributed by atoms with Crippen LogP contribution in [0.5, 0.6) is 0 Å². The lowest BCUT2D eigenvalue weighted by atomic mass is 10.1. The molecule has 0 aromatic heterocycles. The standard InChI is InChI=1S/C13H15ClN2O3/c1-9(17)10-4-2-5-11(8-10)16-13(19)12(18)15-7-3-6-14/h2,4-5,8H,3,6-7H2,1H3,(H,15,18)(H,16,19). The quantitative estimate of drug-likeness (QED) is 0.373. The number of amides is 2. The van der Waals surface area contributed by atoms with Crippen molar-refractivity contribution in [2.24, 2.45) is 0 Å². The number of carbonyl (C=O) groups is 3. The van der Waals surface area contributed by atoms with Crippen LogP contribution in [0.25, 0.3) is 0 Å². The first-order chi connectivity index (χ1) is 9.04. The summed E-state index contributed by atoms with van der Waals surface area (Å²) in [5.41, 5.74) is 0.880. The second-order valence-corrected chi connectivity index (χ2v) is 4.27. The van der Waals surface area contributed by atoms with E-state index in [0.717, 1.165) is 0 Å². The number of nitrogens with one attached hydrogen (secondary N) is 2. The number of benzene rings is 1. The smallest absolute Gasteiger partial charge is 0.313 e. The topological polar surface area (TPSA) is 75.3 Å². The van der Waals surface area contributed by atoms with Crippen LogP contribution in [0, 0.1) is 0 Å². The largest absolute Gasteiger partial charge is 0.348 e. The summed E-state index contributed by atoms with van der Waals surface area (Å²) in [7, 11) is 0. The fourth-order valence-electron chi connectivity index (χ4n) is 1.35. The van der Waals surface area contributed by atoms with Crippen LogP contribution in [0.2, 0.25) is 0 Å². The van der Waals surface area contributed by atoms with E-state index in [1.54, 1.807) is 18.2 Å². The first-order valence-corrected chi connectivity index (χ1v) is 6.34. The molecule has 0 spiro atoms. The van der Waals surface area contributed by atoms with Crippen molar-refractivity contribution in [3.8, 4) is 0 Å². The monoisotopic (exact) mass is 282 g/mol. The fourth-order valence-corrected chi connectivity index (χ4v) is 1.49. The lowest BCUT2D eigenvalue weighted by molar-refractivity contribution is -0.136. The minimum atomic E-state index is -0.768. The Hall–Kier alpha value is -1.88. The molecule has 1 rings (SSSR count). The van der Waals surface area contributed by atoms with Crippen molar-refractivity contribution in [1.29, 1.82) is 0 Å². The molecule has 0 unspecified atom stereocenters. The second-order valence-electron chi connectivity index (χ2n) is 3.89. The molecule has 0 aliphatic heterocycles. The highest BCUT2D eigenvalue weighted by molar-refractivity contribution is 6.39. The summed E-state index contributed by atoms with van der Waals surface area (Å²) in [4.78, 5) is 34.1. The van der Waals surface area contributed by atoms with Crippen molar-refractivity contribution >= 4 is 34.9 Å². The number of Topliss-reactive ketones (excluding diaryl/α,β-unsaturated/α-hetero) is 1. The van der Waals surface area contributed by atoms with E-state index in [1.165, 1.54) is 13.0 Å². The van der Waals surface area contributed by atoms with Gasteiger partial charge in [-0.2, -0.15) is 0 Å². The summed E-state index contributed by atoms with van der Waals surface area (Å²) in [5.74, 6) is -1.18. The Morgan fingerprint density at radius 3 is 2.58 bits per heavy atom. The third-order valence-corrected chi connectivity index (χ3v) is 2.60. The number of hydrogen-bond acceptors (Lipinski definition) is 3. The molecule has 1 aromatic carbocycles. The van der Waals surface area contributed by atoms with Crippen LogP contribution < -0.4 is 10.6 Å².